The van der Waals surface area contributed by atoms with E-state index in [9.17, 15) is 4.79 Å². The van der Waals surface area contributed by atoms with Gasteiger partial charge in [-0.05, 0) is 32.6 Å². The fourth-order valence-electron chi connectivity index (χ4n) is 2.59. The summed E-state index contributed by atoms with van der Waals surface area (Å²) >= 11 is 0. The number of rotatable bonds is 3. The fraction of sp³-hybridized carbons (Fsp3) is 0.692. The van der Waals surface area contributed by atoms with E-state index >= 15 is 0 Å². The molecule has 18 heavy (non-hydrogen) atoms. The first-order valence-corrected chi connectivity index (χ1v) is 6.67. The van der Waals surface area contributed by atoms with Crippen LogP contribution in [0.2, 0.25) is 0 Å². The van der Waals surface area contributed by atoms with Crippen molar-refractivity contribution in [3.05, 3.63) is 22.7 Å². The van der Waals surface area contributed by atoms with Gasteiger partial charge in [-0.3, -0.25) is 4.79 Å². The maximum absolute atomic E-state index is 12.2. The molecule has 1 saturated carbocycles. The second-order valence-corrected chi connectivity index (χ2v) is 5.02. The molecule has 1 aromatic rings. The number of nitrogens with two attached hydrogens (primary N) is 1. The van der Waals surface area contributed by atoms with Crippen molar-refractivity contribution in [3.8, 4) is 0 Å². The van der Waals surface area contributed by atoms with E-state index in [-0.39, 0.29) is 5.56 Å². The van der Waals surface area contributed by atoms with Crippen molar-refractivity contribution in [2.75, 3.05) is 11.9 Å². The highest BCUT2D eigenvalue weighted by molar-refractivity contribution is 5.36. The summed E-state index contributed by atoms with van der Waals surface area (Å²) in [7, 11) is 1.96. The van der Waals surface area contributed by atoms with Crippen LogP contribution in [0.15, 0.2) is 17.2 Å². The van der Waals surface area contributed by atoms with Crippen LogP contribution < -0.4 is 16.2 Å². The van der Waals surface area contributed by atoms with Crippen LogP contribution in [-0.2, 0) is 6.54 Å². The fourth-order valence-corrected chi connectivity index (χ4v) is 2.59. The highest BCUT2D eigenvalue weighted by Gasteiger charge is 2.24. The summed E-state index contributed by atoms with van der Waals surface area (Å²) in [6.45, 7) is 2.64. The second-order valence-electron chi connectivity index (χ2n) is 5.02. The Morgan fingerprint density at radius 1 is 1.44 bits per heavy atom. The molecule has 1 aromatic heterocycles. The van der Waals surface area contributed by atoms with Crippen LogP contribution in [0, 0.1) is 0 Å². The smallest absolute Gasteiger partial charge is 0.293 e. The summed E-state index contributed by atoms with van der Waals surface area (Å²) in [5, 5.41) is 0. The van der Waals surface area contributed by atoms with Crippen molar-refractivity contribution in [1.82, 2.24) is 9.55 Å². The van der Waals surface area contributed by atoms with Crippen LogP contribution in [0.1, 0.15) is 32.6 Å². The molecule has 100 valence electrons. The van der Waals surface area contributed by atoms with Gasteiger partial charge in [0.1, 0.15) is 0 Å². The summed E-state index contributed by atoms with van der Waals surface area (Å²) in [4.78, 5) is 18.5. The molecule has 1 fully saturated rings. The topological polar surface area (TPSA) is 64.2 Å². The molecule has 1 aliphatic carbocycles. The summed E-state index contributed by atoms with van der Waals surface area (Å²) in [6, 6.07) is 0.711. The summed E-state index contributed by atoms with van der Waals surface area (Å²) in [5.74, 6) is 0.555. The lowest BCUT2D eigenvalue weighted by molar-refractivity contribution is 0.383. The van der Waals surface area contributed by atoms with Gasteiger partial charge in [-0.25, -0.2) is 4.98 Å². The Morgan fingerprint density at radius 2 is 2.11 bits per heavy atom. The van der Waals surface area contributed by atoms with Gasteiger partial charge in [0, 0.05) is 38.1 Å². The molecular formula is C13H22N4O. The minimum absolute atomic E-state index is 0.00243. The predicted octanol–water partition coefficient (Wildman–Crippen LogP) is 0.969. The third kappa shape index (κ3) is 2.56. The van der Waals surface area contributed by atoms with Gasteiger partial charge in [-0.1, -0.05) is 0 Å². The molecular weight excluding hydrogens is 228 g/mol. The van der Waals surface area contributed by atoms with Crippen LogP contribution >= 0.6 is 0 Å². The molecule has 0 saturated heterocycles. The van der Waals surface area contributed by atoms with E-state index in [1.165, 1.54) is 0 Å². The average molecular weight is 250 g/mol. The molecule has 0 aromatic carbocycles. The molecule has 1 heterocycles. The maximum atomic E-state index is 12.2. The molecule has 0 unspecified atom stereocenters. The first kappa shape index (κ1) is 13.1. The van der Waals surface area contributed by atoms with Crippen LogP contribution in [0.4, 0.5) is 5.82 Å². The largest absolute Gasteiger partial charge is 0.352 e. The van der Waals surface area contributed by atoms with Crippen LogP contribution in [0.3, 0.4) is 0 Å². The lowest BCUT2D eigenvalue weighted by Gasteiger charge is -2.33. The predicted molar refractivity (Wildman–Crippen MR) is 72.8 cm³/mol. The normalized spacial score (nSPS) is 23.9. The van der Waals surface area contributed by atoms with E-state index in [2.05, 4.69) is 4.98 Å². The van der Waals surface area contributed by atoms with Gasteiger partial charge >= 0.3 is 0 Å². The summed E-state index contributed by atoms with van der Waals surface area (Å²) in [5.41, 5.74) is 5.91. The molecule has 0 bridgehead atoms. The molecule has 0 amide bonds. The zero-order valence-corrected chi connectivity index (χ0v) is 11.2. The van der Waals surface area contributed by atoms with E-state index in [0.717, 1.165) is 25.7 Å². The SMILES string of the molecule is CCn1ccnc(N(C)C2CCC(N)CC2)c1=O. The van der Waals surface area contributed by atoms with Gasteiger partial charge in [0.05, 0.1) is 0 Å². The molecule has 2 N–H and O–H groups in total. The lowest BCUT2D eigenvalue weighted by Crippen LogP contribution is -2.42. The molecule has 0 radical (unpaired) electrons. The number of anilines is 1. The third-order valence-corrected chi connectivity index (χ3v) is 3.86. The zero-order chi connectivity index (χ0) is 13.1. The Labute approximate surface area is 108 Å². The van der Waals surface area contributed by atoms with E-state index in [1.54, 1.807) is 17.0 Å². The van der Waals surface area contributed by atoms with Gasteiger partial charge in [0.2, 0.25) is 0 Å². The standard InChI is InChI=1S/C13H22N4O/c1-3-17-9-8-15-12(13(17)18)16(2)11-6-4-10(14)5-7-11/h8-11H,3-7,14H2,1-2H3. The molecule has 5 heteroatoms. The highest BCUT2D eigenvalue weighted by atomic mass is 16.1. The number of hydrogen-bond acceptors (Lipinski definition) is 4. The van der Waals surface area contributed by atoms with Gasteiger partial charge in [0.25, 0.3) is 5.56 Å². The monoisotopic (exact) mass is 250 g/mol. The molecule has 2 rings (SSSR count). The molecule has 5 nitrogen and oxygen atoms in total. The van der Waals surface area contributed by atoms with Crippen molar-refractivity contribution in [2.45, 2.75) is 51.2 Å². The Kier molecular flexibility index (Phi) is 4.01. The number of aryl methyl sites for hydroxylation is 1. The summed E-state index contributed by atoms with van der Waals surface area (Å²) in [6.07, 6.45) is 7.58. The zero-order valence-electron chi connectivity index (χ0n) is 11.2. The molecule has 1 aliphatic rings. The summed E-state index contributed by atoms with van der Waals surface area (Å²) < 4.78 is 1.69. The molecule has 0 atom stereocenters. The lowest BCUT2D eigenvalue weighted by atomic mass is 9.91. The Bertz CT molecular complexity index is 449. The van der Waals surface area contributed by atoms with E-state index < -0.39 is 0 Å². The van der Waals surface area contributed by atoms with Gasteiger partial charge < -0.3 is 15.2 Å². The Balaban J connectivity index is 2.18. The minimum atomic E-state index is -0.00243. The first-order valence-electron chi connectivity index (χ1n) is 6.67. The second kappa shape index (κ2) is 5.52. The highest BCUT2D eigenvalue weighted by Crippen LogP contribution is 2.22. The molecule has 0 aliphatic heterocycles. The maximum Gasteiger partial charge on any atom is 0.293 e. The first-order chi connectivity index (χ1) is 8.63. The van der Waals surface area contributed by atoms with E-state index in [4.69, 9.17) is 5.73 Å². The average Bonchev–Trinajstić information content (AvgIpc) is 2.39. The number of nitrogens with zero attached hydrogens (tertiary/aromatic N) is 3. The van der Waals surface area contributed by atoms with Crippen LogP contribution in [0.25, 0.3) is 0 Å². The number of hydrogen-bond donors (Lipinski definition) is 1. The Hall–Kier alpha value is -1.36. The van der Waals surface area contributed by atoms with Crippen molar-refractivity contribution >= 4 is 5.82 Å². The molecule has 0 spiro atoms. The van der Waals surface area contributed by atoms with Crippen molar-refractivity contribution in [1.29, 1.82) is 0 Å². The van der Waals surface area contributed by atoms with E-state index in [1.807, 2.05) is 18.9 Å². The minimum Gasteiger partial charge on any atom is -0.352 e. The van der Waals surface area contributed by atoms with Crippen molar-refractivity contribution < 1.29 is 0 Å². The van der Waals surface area contributed by atoms with Crippen LogP contribution in [-0.4, -0.2) is 28.7 Å². The third-order valence-electron chi connectivity index (χ3n) is 3.86. The van der Waals surface area contributed by atoms with Gasteiger partial charge in [0.15, 0.2) is 5.82 Å². The van der Waals surface area contributed by atoms with Gasteiger partial charge in [-0.2, -0.15) is 0 Å². The number of aromatic nitrogens is 2. The van der Waals surface area contributed by atoms with Gasteiger partial charge in [-0.15, -0.1) is 0 Å². The Morgan fingerprint density at radius 3 is 2.72 bits per heavy atom. The van der Waals surface area contributed by atoms with Crippen molar-refractivity contribution in [3.63, 3.8) is 0 Å². The van der Waals surface area contributed by atoms with E-state index in [0.29, 0.717) is 24.4 Å². The van der Waals surface area contributed by atoms with Crippen LogP contribution in [0.5, 0.6) is 0 Å². The quantitative estimate of drug-likeness (QED) is 0.868. The van der Waals surface area contributed by atoms with Crippen molar-refractivity contribution in [2.24, 2.45) is 5.73 Å².